The van der Waals surface area contributed by atoms with Gasteiger partial charge in [-0.05, 0) is 54.6 Å². The number of nitrogens with zero attached hydrogens (tertiary/aromatic N) is 2. The molecule has 2 aliphatic rings. The van der Waals surface area contributed by atoms with E-state index in [9.17, 15) is 8.42 Å². The molecule has 2 aromatic rings. The molecule has 2 aromatic carbocycles. The van der Waals surface area contributed by atoms with Crippen LogP contribution in [0.25, 0.3) is 0 Å². The van der Waals surface area contributed by atoms with E-state index in [0.29, 0.717) is 18.0 Å². The number of rotatable bonds is 4. The van der Waals surface area contributed by atoms with E-state index in [1.54, 1.807) is 28.6 Å². The predicted octanol–water partition coefficient (Wildman–Crippen LogP) is 3.63. The smallest absolute Gasteiger partial charge is 0.243 e. The molecule has 1 unspecified atom stereocenters. The van der Waals surface area contributed by atoms with Crippen LogP contribution in [0, 0.1) is 5.41 Å². The average Bonchev–Trinajstić information content (AvgIpc) is 3.25. The van der Waals surface area contributed by atoms with E-state index in [1.165, 1.54) is 5.56 Å². The summed E-state index contributed by atoms with van der Waals surface area (Å²) in [6, 6.07) is 16.7. The SMILES string of the molecule is O=S(=O)(c1ccccc1)N1CCC2(CCN(Cc3ccc(Cl)cc3)C2)C1. The molecule has 0 saturated carbocycles. The average molecular weight is 391 g/mol. The van der Waals surface area contributed by atoms with Gasteiger partial charge in [-0.2, -0.15) is 4.31 Å². The second kappa shape index (κ2) is 6.97. The Balaban J connectivity index is 1.43. The van der Waals surface area contributed by atoms with Crippen LogP contribution in [0.1, 0.15) is 18.4 Å². The Bertz CT molecular complexity index is 870. The van der Waals surface area contributed by atoms with E-state index in [0.717, 1.165) is 37.5 Å². The Labute approximate surface area is 160 Å². The summed E-state index contributed by atoms with van der Waals surface area (Å²) in [4.78, 5) is 2.83. The van der Waals surface area contributed by atoms with E-state index < -0.39 is 10.0 Å². The minimum atomic E-state index is -3.38. The molecule has 4 nitrogen and oxygen atoms in total. The van der Waals surface area contributed by atoms with Crippen molar-refractivity contribution in [2.45, 2.75) is 24.3 Å². The van der Waals surface area contributed by atoms with Crippen molar-refractivity contribution in [2.24, 2.45) is 5.41 Å². The molecule has 1 atom stereocenters. The number of likely N-dealkylation sites (tertiary alicyclic amines) is 1. The zero-order chi connectivity index (χ0) is 18.2. The highest BCUT2D eigenvalue weighted by molar-refractivity contribution is 7.89. The van der Waals surface area contributed by atoms with Crippen molar-refractivity contribution in [3.05, 3.63) is 65.2 Å². The highest BCUT2D eigenvalue weighted by atomic mass is 35.5. The topological polar surface area (TPSA) is 40.6 Å². The van der Waals surface area contributed by atoms with Crippen molar-refractivity contribution in [2.75, 3.05) is 26.2 Å². The van der Waals surface area contributed by atoms with Gasteiger partial charge in [0.25, 0.3) is 0 Å². The molecular formula is C20H23ClN2O2S. The summed E-state index contributed by atoms with van der Waals surface area (Å²) in [6.07, 6.45) is 2.00. The fourth-order valence-electron chi connectivity index (χ4n) is 4.18. The van der Waals surface area contributed by atoms with Gasteiger partial charge in [-0.15, -0.1) is 0 Å². The summed E-state index contributed by atoms with van der Waals surface area (Å²) in [5.74, 6) is 0. The van der Waals surface area contributed by atoms with Crippen LogP contribution >= 0.6 is 11.6 Å². The number of hydrogen-bond acceptors (Lipinski definition) is 3. The third kappa shape index (κ3) is 3.54. The minimum absolute atomic E-state index is 0.0915. The monoisotopic (exact) mass is 390 g/mol. The number of sulfonamides is 1. The third-order valence-corrected chi connectivity index (χ3v) is 7.73. The van der Waals surface area contributed by atoms with E-state index in [2.05, 4.69) is 17.0 Å². The number of halogens is 1. The summed E-state index contributed by atoms with van der Waals surface area (Å²) in [6.45, 7) is 4.11. The fraction of sp³-hybridized carbons (Fsp3) is 0.400. The van der Waals surface area contributed by atoms with Gasteiger partial charge in [-0.3, -0.25) is 4.90 Å². The standard InChI is InChI=1S/C20H23ClN2O2S/c21-18-8-6-17(7-9-18)14-22-12-10-20(15-22)11-13-23(16-20)26(24,25)19-4-2-1-3-5-19/h1-9H,10-16H2. The van der Waals surface area contributed by atoms with Gasteiger partial charge in [-0.25, -0.2) is 8.42 Å². The first-order valence-electron chi connectivity index (χ1n) is 8.99. The van der Waals surface area contributed by atoms with Crippen LogP contribution < -0.4 is 0 Å². The molecule has 2 aliphatic heterocycles. The lowest BCUT2D eigenvalue weighted by Crippen LogP contribution is -2.34. The Morgan fingerprint density at radius 2 is 1.62 bits per heavy atom. The second-order valence-corrected chi connectivity index (χ2v) is 9.86. The molecule has 2 heterocycles. The third-order valence-electron chi connectivity index (χ3n) is 5.62. The molecule has 2 saturated heterocycles. The molecule has 4 rings (SSSR count). The first kappa shape index (κ1) is 18.0. The Hall–Kier alpha value is -1.40. The lowest BCUT2D eigenvalue weighted by Gasteiger charge is -2.25. The van der Waals surface area contributed by atoms with Gasteiger partial charge in [0.2, 0.25) is 10.0 Å². The first-order valence-corrected chi connectivity index (χ1v) is 10.8. The molecule has 0 bridgehead atoms. The van der Waals surface area contributed by atoms with E-state index in [1.807, 2.05) is 18.2 Å². The Morgan fingerprint density at radius 3 is 2.35 bits per heavy atom. The zero-order valence-corrected chi connectivity index (χ0v) is 16.2. The Kier molecular flexibility index (Phi) is 4.82. The molecule has 0 amide bonds. The molecule has 1 spiro atoms. The molecule has 0 aromatic heterocycles. The van der Waals surface area contributed by atoms with Crippen molar-refractivity contribution in [1.29, 1.82) is 0 Å². The summed E-state index contributed by atoms with van der Waals surface area (Å²) in [5.41, 5.74) is 1.34. The molecule has 0 N–H and O–H groups in total. The fourth-order valence-corrected chi connectivity index (χ4v) is 5.89. The second-order valence-electron chi connectivity index (χ2n) is 7.49. The van der Waals surface area contributed by atoms with Crippen molar-refractivity contribution in [3.63, 3.8) is 0 Å². The predicted molar refractivity (Wildman–Crippen MR) is 104 cm³/mol. The normalized spacial score (nSPS) is 24.5. The first-order chi connectivity index (χ1) is 12.5. The van der Waals surface area contributed by atoms with Gasteiger partial charge < -0.3 is 0 Å². The number of benzene rings is 2. The molecule has 0 aliphatic carbocycles. The van der Waals surface area contributed by atoms with E-state index in [-0.39, 0.29) is 5.41 Å². The van der Waals surface area contributed by atoms with Gasteiger partial charge in [0.05, 0.1) is 4.90 Å². The van der Waals surface area contributed by atoms with Gasteiger partial charge in [-0.1, -0.05) is 41.9 Å². The molecular weight excluding hydrogens is 368 g/mol. The molecule has 6 heteroatoms. The highest BCUT2D eigenvalue weighted by Gasteiger charge is 2.46. The maximum absolute atomic E-state index is 12.9. The van der Waals surface area contributed by atoms with Crippen molar-refractivity contribution in [3.8, 4) is 0 Å². The summed E-state index contributed by atoms with van der Waals surface area (Å²) >= 11 is 5.96. The van der Waals surface area contributed by atoms with Gasteiger partial charge in [0, 0.05) is 31.2 Å². The summed E-state index contributed by atoms with van der Waals surface area (Å²) < 4.78 is 27.4. The lowest BCUT2D eigenvalue weighted by atomic mass is 9.86. The van der Waals surface area contributed by atoms with Gasteiger partial charge >= 0.3 is 0 Å². The molecule has 2 fully saturated rings. The van der Waals surface area contributed by atoms with Crippen LogP contribution in [-0.2, 0) is 16.6 Å². The minimum Gasteiger partial charge on any atom is -0.298 e. The molecule has 138 valence electrons. The molecule has 26 heavy (non-hydrogen) atoms. The van der Waals surface area contributed by atoms with Crippen LogP contribution in [0.5, 0.6) is 0 Å². The largest absolute Gasteiger partial charge is 0.298 e. The maximum Gasteiger partial charge on any atom is 0.243 e. The summed E-state index contributed by atoms with van der Waals surface area (Å²) in [7, 11) is -3.38. The molecule has 0 radical (unpaired) electrons. The number of hydrogen-bond donors (Lipinski definition) is 0. The maximum atomic E-state index is 12.9. The van der Waals surface area contributed by atoms with Crippen molar-refractivity contribution < 1.29 is 8.42 Å². The van der Waals surface area contributed by atoms with Crippen molar-refractivity contribution >= 4 is 21.6 Å². The van der Waals surface area contributed by atoms with Crippen LogP contribution in [0.4, 0.5) is 0 Å². The van der Waals surface area contributed by atoms with E-state index >= 15 is 0 Å². The van der Waals surface area contributed by atoms with Crippen molar-refractivity contribution in [1.82, 2.24) is 9.21 Å². The van der Waals surface area contributed by atoms with Crippen LogP contribution in [0.2, 0.25) is 5.02 Å². The quantitative estimate of drug-likeness (QED) is 0.800. The zero-order valence-electron chi connectivity index (χ0n) is 14.6. The summed E-state index contributed by atoms with van der Waals surface area (Å²) in [5, 5.41) is 0.754. The highest BCUT2D eigenvalue weighted by Crippen LogP contribution is 2.41. The lowest BCUT2D eigenvalue weighted by molar-refractivity contribution is 0.260. The van der Waals surface area contributed by atoms with Crippen LogP contribution in [0.3, 0.4) is 0 Å². The van der Waals surface area contributed by atoms with E-state index in [4.69, 9.17) is 11.6 Å². The van der Waals surface area contributed by atoms with Crippen LogP contribution in [-0.4, -0.2) is 43.8 Å². The van der Waals surface area contributed by atoms with Crippen LogP contribution in [0.15, 0.2) is 59.5 Å². The van der Waals surface area contributed by atoms with Gasteiger partial charge in [0.1, 0.15) is 0 Å². The Morgan fingerprint density at radius 1 is 0.923 bits per heavy atom. The van der Waals surface area contributed by atoms with Gasteiger partial charge in [0.15, 0.2) is 0 Å².